The molecule has 0 radical (unpaired) electrons. The molecule has 0 bridgehead atoms. The number of urea groups is 1. The van der Waals surface area contributed by atoms with Gasteiger partial charge in [-0.25, -0.2) is 19.2 Å². The normalized spacial score (nSPS) is 13.2. The van der Waals surface area contributed by atoms with E-state index < -0.39 is 11.8 Å². The maximum Gasteiger partial charge on any atom is 0.323 e. The summed E-state index contributed by atoms with van der Waals surface area (Å²) in [6.07, 6.45) is 1.78. The summed E-state index contributed by atoms with van der Waals surface area (Å²) >= 11 is 0. The minimum absolute atomic E-state index is 0.0190. The van der Waals surface area contributed by atoms with Crippen molar-refractivity contribution < 1.29 is 23.1 Å². The van der Waals surface area contributed by atoms with Crippen LogP contribution in [-0.2, 0) is 16.0 Å². The van der Waals surface area contributed by atoms with E-state index in [0.717, 1.165) is 46.7 Å². The number of carbonyl (C=O) groups excluding carboxylic acids is 2. The number of nitrogens with one attached hydrogen (secondary N) is 2. The molecule has 0 saturated carbocycles. The molecule has 0 aliphatic carbocycles. The summed E-state index contributed by atoms with van der Waals surface area (Å²) < 4.78 is 25.6. The zero-order valence-corrected chi connectivity index (χ0v) is 22.9. The number of benzene rings is 3. The first-order valence-corrected chi connectivity index (χ1v) is 13.6. The Balaban J connectivity index is 1.24. The molecule has 0 atom stereocenters. The largest absolute Gasteiger partial charge is 0.464 e. The van der Waals surface area contributed by atoms with Crippen LogP contribution in [0.4, 0.5) is 26.4 Å². The second-order valence-electron chi connectivity index (χ2n) is 10.0. The van der Waals surface area contributed by atoms with Crippen LogP contribution in [0.1, 0.15) is 12.5 Å². The SMILES string of the molecule is CC(=O)Cc1ccc(NC(=O)Nc2ccc(-c3nc(N4CCOCC4)c4ccc(-c5ccco5)cc4n3)cc2)c(F)c1. The first kappa shape index (κ1) is 27.1. The van der Waals surface area contributed by atoms with Crippen LogP contribution in [0, 0.1) is 5.82 Å². The van der Waals surface area contributed by atoms with E-state index in [9.17, 15) is 14.0 Å². The van der Waals surface area contributed by atoms with Crippen molar-refractivity contribution in [3.05, 3.63) is 90.4 Å². The summed E-state index contributed by atoms with van der Waals surface area (Å²) in [6.45, 7) is 4.14. The fraction of sp³-hybridized carbons (Fsp3) is 0.188. The fourth-order valence-electron chi connectivity index (χ4n) is 4.90. The third-order valence-corrected chi connectivity index (χ3v) is 6.93. The van der Waals surface area contributed by atoms with Gasteiger partial charge >= 0.3 is 6.03 Å². The Labute approximate surface area is 241 Å². The first-order valence-electron chi connectivity index (χ1n) is 13.6. The number of nitrogens with zero attached hydrogens (tertiary/aromatic N) is 3. The van der Waals surface area contributed by atoms with E-state index in [0.29, 0.717) is 30.3 Å². The molecular weight excluding hydrogens is 537 g/mol. The lowest BCUT2D eigenvalue weighted by Gasteiger charge is -2.29. The Morgan fingerprint density at radius 2 is 1.71 bits per heavy atom. The Morgan fingerprint density at radius 1 is 0.929 bits per heavy atom. The van der Waals surface area contributed by atoms with Crippen molar-refractivity contribution in [3.63, 3.8) is 0 Å². The van der Waals surface area contributed by atoms with Crippen LogP contribution in [0.2, 0.25) is 0 Å². The Morgan fingerprint density at radius 3 is 2.43 bits per heavy atom. The van der Waals surface area contributed by atoms with Crippen molar-refractivity contribution in [3.8, 4) is 22.7 Å². The molecule has 42 heavy (non-hydrogen) atoms. The first-order chi connectivity index (χ1) is 20.4. The third kappa shape index (κ3) is 5.98. The predicted molar refractivity (Wildman–Crippen MR) is 159 cm³/mol. The molecule has 3 heterocycles. The summed E-state index contributed by atoms with van der Waals surface area (Å²) in [5, 5.41) is 6.16. The molecule has 0 spiro atoms. The van der Waals surface area contributed by atoms with E-state index in [1.807, 2.05) is 42.5 Å². The monoisotopic (exact) mass is 565 g/mol. The van der Waals surface area contributed by atoms with Crippen molar-refractivity contribution >= 4 is 39.9 Å². The van der Waals surface area contributed by atoms with E-state index in [4.69, 9.17) is 19.1 Å². The highest BCUT2D eigenvalue weighted by Gasteiger charge is 2.19. The number of furan rings is 1. The van der Waals surface area contributed by atoms with Gasteiger partial charge < -0.3 is 24.7 Å². The van der Waals surface area contributed by atoms with Crippen LogP contribution in [0.15, 0.2) is 83.5 Å². The summed E-state index contributed by atoms with van der Waals surface area (Å²) in [5.74, 6) is 1.46. The number of ketones is 1. The number of ether oxygens (including phenoxy) is 1. The Hall–Kier alpha value is -5.09. The van der Waals surface area contributed by atoms with Crippen LogP contribution in [0.25, 0.3) is 33.6 Å². The van der Waals surface area contributed by atoms with Crippen molar-refractivity contribution in [2.75, 3.05) is 41.8 Å². The average Bonchev–Trinajstić information content (AvgIpc) is 3.54. The second-order valence-corrected chi connectivity index (χ2v) is 10.0. The summed E-state index contributed by atoms with van der Waals surface area (Å²) in [5.41, 5.74) is 3.55. The van der Waals surface area contributed by atoms with E-state index in [1.165, 1.54) is 19.1 Å². The minimum atomic E-state index is -0.612. The van der Waals surface area contributed by atoms with Gasteiger partial charge in [0.15, 0.2) is 5.82 Å². The number of Topliss-reactive ketones (excluding diaryl/α,β-unsaturated/α-hetero) is 1. The molecular formula is C32H28FN5O4. The molecule has 2 aromatic heterocycles. The van der Waals surface area contributed by atoms with Crippen LogP contribution in [-0.4, -0.2) is 48.1 Å². The van der Waals surface area contributed by atoms with Crippen LogP contribution >= 0.6 is 0 Å². The quantitative estimate of drug-likeness (QED) is 0.238. The molecule has 5 aromatic rings. The van der Waals surface area contributed by atoms with Crippen LogP contribution < -0.4 is 15.5 Å². The van der Waals surface area contributed by atoms with Gasteiger partial charge in [0.1, 0.15) is 23.2 Å². The Bertz CT molecular complexity index is 1750. The van der Waals surface area contributed by atoms with E-state index in [1.54, 1.807) is 24.5 Å². The topological polar surface area (TPSA) is 110 Å². The smallest absolute Gasteiger partial charge is 0.323 e. The van der Waals surface area contributed by atoms with Gasteiger partial charge in [-0.1, -0.05) is 12.1 Å². The zero-order chi connectivity index (χ0) is 29.1. The number of halogens is 1. The highest BCUT2D eigenvalue weighted by atomic mass is 19.1. The fourth-order valence-corrected chi connectivity index (χ4v) is 4.90. The lowest BCUT2D eigenvalue weighted by Crippen LogP contribution is -2.37. The van der Waals surface area contributed by atoms with E-state index >= 15 is 0 Å². The standard InChI is InChI=1S/C32H28FN5O4/c1-20(39)17-21-4-11-27(26(33)18-21)36-32(40)34-24-8-5-22(6-9-24)30-35-28-19-23(29-3-2-14-42-29)7-10-25(28)31(37-30)38-12-15-41-16-13-38/h2-11,14,18-19H,12-13,15-17H2,1H3,(H2,34,36,40). The molecule has 2 N–H and O–H groups in total. The number of amides is 2. The second kappa shape index (κ2) is 11.8. The minimum Gasteiger partial charge on any atom is -0.464 e. The number of morpholine rings is 1. The summed E-state index contributed by atoms with van der Waals surface area (Å²) in [6, 6.07) is 20.6. The third-order valence-electron chi connectivity index (χ3n) is 6.93. The number of carbonyl (C=O) groups is 2. The lowest BCUT2D eigenvalue weighted by molar-refractivity contribution is -0.116. The van der Waals surface area contributed by atoms with Gasteiger partial charge in [-0.15, -0.1) is 0 Å². The molecule has 1 fully saturated rings. The molecule has 6 rings (SSSR count). The molecule has 1 aliphatic rings. The van der Waals surface area contributed by atoms with Crippen molar-refractivity contribution in [2.45, 2.75) is 13.3 Å². The molecule has 1 aliphatic heterocycles. The number of hydrogen-bond acceptors (Lipinski definition) is 7. The molecule has 3 aromatic carbocycles. The average molecular weight is 566 g/mol. The van der Waals surface area contributed by atoms with Gasteiger partial charge in [0.05, 0.1) is 30.7 Å². The van der Waals surface area contributed by atoms with Crippen molar-refractivity contribution in [1.29, 1.82) is 0 Å². The highest BCUT2D eigenvalue weighted by molar-refractivity contribution is 6.00. The van der Waals surface area contributed by atoms with Gasteiger partial charge in [-0.2, -0.15) is 0 Å². The predicted octanol–water partition coefficient (Wildman–Crippen LogP) is 6.31. The van der Waals surface area contributed by atoms with Crippen LogP contribution in [0.5, 0.6) is 0 Å². The lowest BCUT2D eigenvalue weighted by atomic mass is 10.1. The maximum absolute atomic E-state index is 14.4. The summed E-state index contributed by atoms with van der Waals surface area (Å²) in [7, 11) is 0. The molecule has 0 unspecified atom stereocenters. The molecule has 1 saturated heterocycles. The number of anilines is 3. The van der Waals surface area contributed by atoms with Gasteiger partial charge in [-0.05, 0) is 73.2 Å². The number of aromatic nitrogens is 2. The van der Waals surface area contributed by atoms with Crippen molar-refractivity contribution in [1.82, 2.24) is 9.97 Å². The van der Waals surface area contributed by atoms with E-state index in [2.05, 4.69) is 15.5 Å². The van der Waals surface area contributed by atoms with Crippen molar-refractivity contribution in [2.24, 2.45) is 0 Å². The van der Waals surface area contributed by atoms with Gasteiger partial charge in [0, 0.05) is 41.7 Å². The zero-order valence-electron chi connectivity index (χ0n) is 22.9. The number of rotatable bonds is 7. The molecule has 10 heteroatoms. The Kier molecular flexibility index (Phi) is 7.61. The van der Waals surface area contributed by atoms with Gasteiger partial charge in [0.2, 0.25) is 0 Å². The molecule has 9 nitrogen and oxygen atoms in total. The van der Waals surface area contributed by atoms with Crippen LogP contribution in [0.3, 0.4) is 0 Å². The molecule has 2 amide bonds. The van der Waals surface area contributed by atoms with Gasteiger partial charge in [-0.3, -0.25) is 4.79 Å². The van der Waals surface area contributed by atoms with Gasteiger partial charge in [0.25, 0.3) is 0 Å². The summed E-state index contributed by atoms with van der Waals surface area (Å²) in [4.78, 5) is 35.9. The van der Waals surface area contributed by atoms with E-state index in [-0.39, 0.29) is 17.9 Å². The maximum atomic E-state index is 14.4. The number of fused-ring (bicyclic) bond motifs is 1. The highest BCUT2D eigenvalue weighted by Crippen LogP contribution is 2.32. The number of hydrogen-bond donors (Lipinski definition) is 2. The molecule has 212 valence electrons.